The Morgan fingerprint density at radius 2 is 1.85 bits per heavy atom. The van der Waals surface area contributed by atoms with Crippen LogP contribution in [0.5, 0.6) is 11.5 Å². The van der Waals surface area contributed by atoms with E-state index >= 15 is 0 Å². The largest absolute Gasteiger partial charge is 0.493 e. The molecule has 1 fully saturated rings. The van der Waals surface area contributed by atoms with Crippen LogP contribution in [-0.2, 0) is 21.4 Å². The second-order valence-corrected chi connectivity index (χ2v) is 9.79. The van der Waals surface area contributed by atoms with E-state index in [-0.39, 0.29) is 18.4 Å². The minimum atomic E-state index is -3.71. The standard InChI is InChI=1S/C24H33N3O5S/c1-4-27(21-10-6-5-7-11-21)33(29,30)26-16-8-9-20(18-26)24(28)25-15-14-19-12-13-22(31-2)23(17-19)32-3/h5-7,10-13,17,20H,4,8-9,14-16,18H2,1-3H3,(H,25,28)/t20-/m1/s1. The second-order valence-electron chi connectivity index (χ2n) is 7.94. The maximum atomic E-state index is 13.3. The van der Waals surface area contributed by atoms with Crippen molar-refractivity contribution in [1.82, 2.24) is 9.62 Å². The van der Waals surface area contributed by atoms with Crippen LogP contribution in [0, 0.1) is 5.92 Å². The zero-order chi connectivity index (χ0) is 23.8. The molecule has 0 spiro atoms. The molecule has 0 radical (unpaired) electrons. The molecule has 1 atom stereocenters. The van der Waals surface area contributed by atoms with Crippen molar-refractivity contribution in [3.05, 3.63) is 54.1 Å². The van der Waals surface area contributed by atoms with Gasteiger partial charge in [0.15, 0.2) is 11.5 Å². The third-order valence-electron chi connectivity index (χ3n) is 5.85. The van der Waals surface area contributed by atoms with E-state index in [4.69, 9.17) is 9.47 Å². The predicted octanol–water partition coefficient (Wildman–Crippen LogP) is 2.85. The molecule has 33 heavy (non-hydrogen) atoms. The maximum absolute atomic E-state index is 13.3. The van der Waals surface area contributed by atoms with Gasteiger partial charge in [-0.2, -0.15) is 12.7 Å². The van der Waals surface area contributed by atoms with Crippen LogP contribution in [0.1, 0.15) is 25.3 Å². The molecule has 8 nitrogen and oxygen atoms in total. The summed E-state index contributed by atoms with van der Waals surface area (Å²) in [6, 6.07) is 14.7. The summed E-state index contributed by atoms with van der Waals surface area (Å²) >= 11 is 0. The molecule has 1 amide bonds. The number of nitrogens with zero attached hydrogens (tertiary/aromatic N) is 2. The quantitative estimate of drug-likeness (QED) is 0.571. The molecular formula is C24H33N3O5S. The summed E-state index contributed by atoms with van der Waals surface area (Å²) in [5.41, 5.74) is 1.64. The molecule has 0 unspecified atom stereocenters. The molecule has 180 valence electrons. The fourth-order valence-corrected chi connectivity index (χ4v) is 5.81. The lowest BCUT2D eigenvalue weighted by Crippen LogP contribution is -2.50. The predicted molar refractivity (Wildman–Crippen MR) is 129 cm³/mol. The Hall–Kier alpha value is -2.78. The van der Waals surface area contributed by atoms with Crippen LogP contribution in [0.2, 0.25) is 0 Å². The Balaban J connectivity index is 1.59. The Bertz CT molecular complexity index is 1030. The first kappa shape index (κ1) is 24.9. The molecule has 0 aliphatic carbocycles. The number of nitrogens with one attached hydrogen (secondary N) is 1. The third-order valence-corrected chi connectivity index (χ3v) is 7.86. The molecule has 0 aromatic heterocycles. The van der Waals surface area contributed by atoms with Gasteiger partial charge in [-0.25, -0.2) is 0 Å². The van der Waals surface area contributed by atoms with Crippen molar-refractivity contribution in [2.45, 2.75) is 26.2 Å². The number of hydrogen-bond donors (Lipinski definition) is 1. The normalized spacial score (nSPS) is 16.8. The molecule has 0 saturated carbocycles. The van der Waals surface area contributed by atoms with E-state index in [0.29, 0.717) is 56.1 Å². The number of para-hydroxylation sites is 1. The highest BCUT2D eigenvalue weighted by atomic mass is 32.2. The molecule has 0 bridgehead atoms. The molecule has 2 aromatic rings. The van der Waals surface area contributed by atoms with Crippen molar-refractivity contribution < 1.29 is 22.7 Å². The Labute approximate surface area is 196 Å². The highest BCUT2D eigenvalue weighted by Gasteiger charge is 2.35. The molecule has 1 aliphatic heterocycles. The average molecular weight is 476 g/mol. The lowest BCUT2D eigenvalue weighted by Gasteiger charge is -2.35. The van der Waals surface area contributed by atoms with Gasteiger partial charge in [-0.1, -0.05) is 24.3 Å². The van der Waals surface area contributed by atoms with Crippen LogP contribution in [-0.4, -0.2) is 59.0 Å². The van der Waals surface area contributed by atoms with E-state index in [1.165, 1.54) is 8.61 Å². The van der Waals surface area contributed by atoms with Gasteiger partial charge in [0.05, 0.1) is 25.8 Å². The smallest absolute Gasteiger partial charge is 0.304 e. The average Bonchev–Trinajstić information content (AvgIpc) is 2.84. The van der Waals surface area contributed by atoms with E-state index in [1.54, 1.807) is 26.4 Å². The number of methoxy groups -OCH3 is 2. The molecule has 2 aromatic carbocycles. The number of benzene rings is 2. The summed E-state index contributed by atoms with van der Waals surface area (Å²) in [6.07, 6.45) is 1.96. The number of amides is 1. The fourth-order valence-electron chi connectivity index (χ4n) is 4.09. The van der Waals surface area contributed by atoms with Crippen LogP contribution in [0.15, 0.2) is 48.5 Å². The maximum Gasteiger partial charge on any atom is 0.304 e. The van der Waals surface area contributed by atoms with Crippen molar-refractivity contribution in [3.63, 3.8) is 0 Å². The van der Waals surface area contributed by atoms with Gasteiger partial charge in [0.25, 0.3) is 0 Å². The summed E-state index contributed by atoms with van der Waals surface area (Å²) in [5.74, 6) is 0.824. The topological polar surface area (TPSA) is 88.2 Å². The van der Waals surface area contributed by atoms with E-state index in [9.17, 15) is 13.2 Å². The van der Waals surface area contributed by atoms with Crippen LogP contribution < -0.4 is 19.1 Å². The number of carbonyl (C=O) groups is 1. The van der Waals surface area contributed by atoms with E-state index in [2.05, 4.69) is 5.32 Å². The minimum absolute atomic E-state index is 0.113. The van der Waals surface area contributed by atoms with Crippen LogP contribution in [0.3, 0.4) is 0 Å². The summed E-state index contributed by atoms with van der Waals surface area (Å²) in [4.78, 5) is 12.8. The SMILES string of the molecule is CCN(c1ccccc1)S(=O)(=O)N1CCC[C@@H](C(=O)NCCc2ccc(OC)c(OC)c2)C1. The molecular weight excluding hydrogens is 442 g/mol. The zero-order valence-corrected chi connectivity index (χ0v) is 20.3. The van der Waals surface area contributed by atoms with Gasteiger partial charge in [0.1, 0.15) is 0 Å². The number of rotatable bonds is 10. The Morgan fingerprint density at radius 3 is 2.52 bits per heavy atom. The minimum Gasteiger partial charge on any atom is -0.493 e. The van der Waals surface area contributed by atoms with Crippen LogP contribution in [0.25, 0.3) is 0 Å². The highest BCUT2D eigenvalue weighted by Crippen LogP contribution is 2.28. The first-order valence-electron chi connectivity index (χ1n) is 11.2. The molecule has 1 N–H and O–H groups in total. The number of ether oxygens (including phenoxy) is 2. The van der Waals surface area contributed by atoms with Crippen molar-refractivity contribution in [2.24, 2.45) is 5.92 Å². The van der Waals surface area contributed by atoms with E-state index in [0.717, 1.165) is 5.56 Å². The Kier molecular flexibility index (Phi) is 8.57. The number of carbonyl (C=O) groups excluding carboxylic acids is 1. The van der Waals surface area contributed by atoms with Crippen molar-refractivity contribution >= 4 is 21.8 Å². The molecule has 9 heteroatoms. The summed E-state index contributed by atoms with van der Waals surface area (Å²) < 4.78 is 40.0. The van der Waals surface area contributed by atoms with Crippen molar-refractivity contribution in [1.29, 1.82) is 0 Å². The number of piperidine rings is 1. The van der Waals surface area contributed by atoms with Gasteiger partial charge < -0.3 is 14.8 Å². The number of hydrogen-bond acceptors (Lipinski definition) is 5. The summed E-state index contributed by atoms with van der Waals surface area (Å²) in [5, 5.41) is 2.97. The van der Waals surface area contributed by atoms with Crippen molar-refractivity contribution in [3.8, 4) is 11.5 Å². The van der Waals surface area contributed by atoms with E-state index in [1.807, 2.05) is 43.3 Å². The lowest BCUT2D eigenvalue weighted by atomic mass is 9.99. The van der Waals surface area contributed by atoms with Gasteiger partial charge in [-0.05, 0) is 56.0 Å². The van der Waals surface area contributed by atoms with Gasteiger partial charge in [-0.3, -0.25) is 9.10 Å². The molecule has 1 aliphatic rings. The van der Waals surface area contributed by atoms with Gasteiger partial charge >= 0.3 is 10.2 Å². The Morgan fingerprint density at radius 1 is 1.12 bits per heavy atom. The molecule has 3 rings (SSSR count). The first-order valence-corrected chi connectivity index (χ1v) is 12.6. The van der Waals surface area contributed by atoms with E-state index < -0.39 is 10.2 Å². The van der Waals surface area contributed by atoms with Crippen LogP contribution in [0.4, 0.5) is 5.69 Å². The second kappa shape index (κ2) is 11.4. The van der Waals surface area contributed by atoms with Gasteiger partial charge in [0.2, 0.25) is 5.91 Å². The molecule has 1 heterocycles. The molecule has 1 saturated heterocycles. The summed E-state index contributed by atoms with van der Waals surface area (Å²) in [6.45, 7) is 3.20. The van der Waals surface area contributed by atoms with Gasteiger partial charge in [0, 0.05) is 26.2 Å². The van der Waals surface area contributed by atoms with Crippen LogP contribution >= 0.6 is 0 Å². The third kappa shape index (κ3) is 5.97. The number of anilines is 1. The summed E-state index contributed by atoms with van der Waals surface area (Å²) in [7, 11) is -0.535. The highest BCUT2D eigenvalue weighted by molar-refractivity contribution is 7.90. The fraction of sp³-hybridized carbons (Fsp3) is 0.458. The monoisotopic (exact) mass is 475 g/mol. The zero-order valence-electron chi connectivity index (χ0n) is 19.5. The first-order chi connectivity index (χ1) is 15.9. The van der Waals surface area contributed by atoms with Crippen molar-refractivity contribution in [2.75, 3.05) is 44.7 Å². The lowest BCUT2D eigenvalue weighted by molar-refractivity contribution is -0.126. The van der Waals surface area contributed by atoms with Gasteiger partial charge in [-0.15, -0.1) is 0 Å².